The summed E-state index contributed by atoms with van der Waals surface area (Å²) in [6, 6.07) is 8.71. The summed E-state index contributed by atoms with van der Waals surface area (Å²) in [7, 11) is 0. The van der Waals surface area contributed by atoms with Crippen LogP contribution in [0.2, 0.25) is 0 Å². The summed E-state index contributed by atoms with van der Waals surface area (Å²) in [4.78, 5) is 24.1. The number of thioether (sulfide) groups is 1. The van der Waals surface area contributed by atoms with E-state index in [4.69, 9.17) is 22.6 Å². The molecule has 5 nitrogen and oxygen atoms in total. The van der Waals surface area contributed by atoms with Gasteiger partial charge in [0.2, 0.25) is 0 Å². The maximum Gasteiger partial charge on any atom is 0.323 e. The van der Waals surface area contributed by atoms with E-state index in [0.29, 0.717) is 10.5 Å². The number of aliphatic carboxylic acids is 1. The van der Waals surface area contributed by atoms with E-state index < -0.39 is 18.4 Å². The summed E-state index contributed by atoms with van der Waals surface area (Å²) in [5.41, 5.74) is 1.28. The lowest BCUT2D eigenvalue weighted by Gasteiger charge is -2.10. The van der Waals surface area contributed by atoms with Crippen molar-refractivity contribution in [1.29, 1.82) is 5.26 Å². The summed E-state index contributed by atoms with van der Waals surface area (Å²) in [5.74, 6) is -1.52. The van der Waals surface area contributed by atoms with E-state index in [9.17, 15) is 9.59 Å². The van der Waals surface area contributed by atoms with Gasteiger partial charge in [-0.3, -0.25) is 14.5 Å². The summed E-state index contributed by atoms with van der Waals surface area (Å²) in [6.07, 6.45) is 1.63. The van der Waals surface area contributed by atoms with Crippen LogP contribution in [0.25, 0.3) is 6.08 Å². The lowest BCUT2D eigenvalue weighted by Crippen LogP contribution is -2.33. The molecule has 1 N–H and O–H groups in total. The zero-order chi connectivity index (χ0) is 14.7. The molecular weight excluding hydrogens is 296 g/mol. The normalized spacial score (nSPS) is 16.6. The van der Waals surface area contributed by atoms with Crippen LogP contribution >= 0.6 is 24.0 Å². The fourth-order valence-electron chi connectivity index (χ4n) is 1.58. The Hall–Kier alpha value is -2.17. The fourth-order valence-corrected chi connectivity index (χ4v) is 2.83. The van der Waals surface area contributed by atoms with Crippen LogP contribution in [0.1, 0.15) is 11.1 Å². The van der Waals surface area contributed by atoms with Gasteiger partial charge in [0.1, 0.15) is 10.9 Å². The Balaban J connectivity index is 2.23. The van der Waals surface area contributed by atoms with E-state index in [1.165, 1.54) is 0 Å². The lowest BCUT2D eigenvalue weighted by molar-refractivity contribution is -0.140. The number of amides is 1. The Morgan fingerprint density at radius 2 is 2.10 bits per heavy atom. The van der Waals surface area contributed by atoms with Crippen molar-refractivity contribution in [1.82, 2.24) is 4.90 Å². The monoisotopic (exact) mass is 304 g/mol. The molecule has 1 aromatic carbocycles. The van der Waals surface area contributed by atoms with Gasteiger partial charge in [-0.25, -0.2) is 0 Å². The molecule has 1 aliphatic rings. The molecule has 0 unspecified atom stereocenters. The van der Waals surface area contributed by atoms with Crippen molar-refractivity contribution in [3.63, 3.8) is 0 Å². The highest BCUT2D eigenvalue weighted by atomic mass is 32.2. The SMILES string of the molecule is N#Cc1ccc(/C=C2\SC(=S)N(CC(=O)O)C2=O)cc1. The largest absolute Gasteiger partial charge is 0.480 e. The number of nitrogens with zero attached hydrogens (tertiary/aromatic N) is 2. The van der Waals surface area contributed by atoms with Crippen molar-refractivity contribution in [2.45, 2.75) is 0 Å². The van der Waals surface area contributed by atoms with Gasteiger partial charge in [-0.2, -0.15) is 5.26 Å². The third-order valence-corrected chi connectivity index (χ3v) is 3.88. The van der Waals surface area contributed by atoms with E-state index in [2.05, 4.69) is 0 Å². The number of carbonyl (C=O) groups is 2. The Bertz CT molecular complexity index is 659. The molecular formula is C13H8N2O3S2. The van der Waals surface area contributed by atoms with Gasteiger partial charge < -0.3 is 5.11 Å². The van der Waals surface area contributed by atoms with E-state index in [-0.39, 0.29) is 4.32 Å². The number of rotatable bonds is 3. The van der Waals surface area contributed by atoms with E-state index in [1.54, 1.807) is 30.3 Å². The van der Waals surface area contributed by atoms with Gasteiger partial charge >= 0.3 is 5.97 Å². The fraction of sp³-hybridized carbons (Fsp3) is 0.0769. The van der Waals surface area contributed by atoms with Gasteiger partial charge in [0.05, 0.1) is 16.5 Å². The standard InChI is InChI=1S/C13H8N2O3S2/c14-6-9-3-1-8(2-4-9)5-10-12(18)15(7-11(16)17)13(19)20-10/h1-5H,7H2,(H,16,17)/b10-5-. The van der Waals surface area contributed by atoms with E-state index >= 15 is 0 Å². The first kappa shape index (κ1) is 14.2. The third kappa shape index (κ3) is 3.04. The minimum Gasteiger partial charge on any atom is -0.480 e. The molecule has 0 aliphatic carbocycles. The first-order chi connectivity index (χ1) is 9.51. The second-order valence-electron chi connectivity index (χ2n) is 3.90. The molecule has 1 saturated heterocycles. The maximum atomic E-state index is 12.0. The zero-order valence-electron chi connectivity index (χ0n) is 10.1. The van der Waals surface area contributed by atoms with Crippen LogP contribution in [0.3, 0.4) is 0 Å². The van der Waals surface area contributed by atoms with Crippen LogP contribution < -0.4 is 0 Å². The zero-order valence-corrected chi connectivity index (χ0v) is 11.7. The number of carboxylic acids is 1. The first-order valence-corrected chi connectivity index (χ1v) is 6.71. The molecule has 1 fully saturated rings. The first-order valence-electron chi connectivity index (χ1n) is 5.48. The number of carboxylic acid groups (broad SMARTS) is 1. The van der Waals surface area contributed by atoms with Crippen LogP contribution in [-0.4, -0.2) is 32.7 Å². The van der Waals surface area contributed by atoms with Gasteiger partial charge in [-0.05, 0) is 23.8 Å². The topological polar surface area (TPSA) is 81.4 Å². The molecule has 0 aromatic heterocycles. The number of hydrogen-bond donors (Lipinski definition) is 1. The Morgan fingerprint density at radius 1 is 1.45 bits per heavy atom. The number of hydrogen-bond acceptors (Lipinski definition) is 5. The Kier molecular flexibility index (Phi) is 4.17. The van der Waals surface area contributed by atoms with Gasteiger partial charge in [0, 0.05) is 0 Å². The molecule has 100 valence electrons. The van der Waals surface area contributed by atoms with Crippen molar-refractivity contribution >= 4 is 46.3 Å². The molecule has 1 amide bonds. The molecule has 0 radical (unpaired) electrons. The number of nitriles is 1. The van der Waals surface area contributed by atoms with Crippen molar-refractivity contribution < 1.29 is 14.7 Å². The molecule has 0 spiro atoms. The third-order valence-electron chi connectivity index (χ3n) is 2.50. The van der Waals surface area contributed by atoms with Gasteiger partial charge in [-0.1, -0.05) is 36.1 Å². The highest BCUT2D eigenvalue weighted by Gasteiger charge is 2.33. The molecule has 20 heavy (non-hydrogen) atoms. The summed E-state index contributed by atoms with van der Waals surface area (Å²) < 4.78 is 0.234. The highest BCUT2D eigenvalue weighted by Crippen LogP contribution is 2.32. The summed E-state index contributed by atoms with van der Waals surface area (Å²) in [5, 5.41) is 17.4. The quantitative estimate of drug-likeness (QED) is 0.678. The number of thiocarbonyl (C=S) groups is 1. The van der Waals surface area contributed by atoms with Crippen LogP contribution in [0.4, 0.5) is 0 Å². The van der Waals surface area contributed by atoms with E-state index in [1.807, 2.05) is 6.07 Å². The van der Waals surface area contributed by atoms with Crippen LogP contribution in [0.5, 0.6) is 0 Å². The van der Waals surface area contributed by atoms with Crippen molar-refractivity contribution in [3.05, 3.63) is 40.3 Å². The average Bonchev–Trinajstić information content (AvgIpc) is 2.67. The molecule has 0 atom stereocenters. The van der Waals surface area contributed by atoms with Crippen molar-refractivity contribution in [2.75, 3.05) is 6.54 Å². The average molecular weight is 304 g/mol. The molecule has 1 aromatic rings. The molecule has 1 heterocycles. The predicted octanol–water partition coefficient (Wildman–Crippen LogP) is 1.84. The minimum absolute atomic E-state index is 0.234. The molecule has 7 heteroatoms. The van der Waals surface area contributed by atoms with Crippen molar-refractivity contribution in [3.8, 4) is 6.07 Å². The molecule has 1 aliphatic heterocycles. The van der Waals surface area contributed by atoms with Gasteiger partial charge in [-0.15, -0.1) is 0 Å². The maximum absolute atomic E-state index is 12.0. The number of benzene rings is 1. The Labute approximate surface area is 124 Å². The smallest absolute Gasteiger partial charge is 0.323 e. The van der Waals surface area contributed by atoms with Crippen LogP contribution in [0, 0.1) is 11.3 Å². The molecule has 2 rings (SSSR count). The van der Waals surface area contributed by atoms with Gasteiger partial charge in [0.15, 0.2) is 0 Å². The van der Waals surface area contributed by atoms with E-state index in [0.717, 1.165) is 22.2 Å². The summed E-state index contributed by atoms with van der Waals surface area (Å²) >= 11 is 6.06. The molecule has 0 saturated carbocycles. The van der Waals surface area contributed by atoms with Crippen LogP contribution in [0.15, 0.2) is 29.2 Å². The lowest BCUT2D eigenvalue weighted by atomic mass is 10.1. The second kappa shape index (κ2) is 5.86. The Morgan fingerprint density at radius 3 is 2.65 bits per heavy atom. The van der Waals surface area contributed by atoms with Crippen LogP contribution in [-0.2, 0) is 9.59 Å². The molecule has 0 bridgehead atoms. The predicted molar refractivity (Wildman–Crippen MR) is 78.7 cm³/mol. The highest BCUT2D eigenvalue weighted by molar-refractivity contribution is 8.26. The minimum atomic E-state index is -1.11. The second-order valence-corrected chi connectivity index (χ2v) is 5.57. The van der Waals surface area contributed by atoms with Gasteiger partial charge in [0.25, 0.3) is 5.91 Å². The summed E-state index contributed by atoms with van der Waals surface area (Å²) in [6.45, 7) is -0.435. The van der Waals surface area contributed by atoms with Crippen molar-refractivity contribution in [2.24, 2.45) is 0 Å². The number of carbonyl (C=O) groups excluding carboxylic acids is 1.